The minimum absolute atomic E-state index is 0.0594. The van der Waals surface area contributed by atoms with Gasteiger partial charge in [0.05, 0.1) is 0 Å². The number of nitrogens with one attached hydrogen (secondary N) is 1. The van der Waals surface area contributed by atoms with E-state index in [1.54, 1.807) is 13.1 Å². The number of rotatable bonds is 6. The summed E-state index contributed by atoms with van der Waals surface area (Å²) in [5.41, 5.74) is 0.978. The van der Waals surface area contributed by atoms with Crippen molar-refractivity contribution in [2.45, 2.75) is 58.3 Å². The molecule has 1 N–H and O–H groups in total. The van der Waals surface area contributed by atoms with Gasteiger partial charge in [0.15, 0.2) is 0 Å². The van der Waals surface area contributed by atoms with Crippen LogP contribution in [0.3, 0.4) is 0 Å². The van der Waals surface area contributed by atoms with Gasteiger partial charge in [-0.05, 0) is 24.0 Å². The van der Waals surface area contributed by atoms with Crippen LogP contribution in [0.25, 0.3) is 0 Å². The lowest BCUT2D eigenvalue weighted by molar-refractivity contribution is 0.311. The SMILES string of the molecule is Cc1cc(S(=O)(=O)N(C)CC(C)(C)C)sc1CNC(C)C. The van der Waals surface area contributed by atoms with Gasteiger partial charge in [0, 0.05) is 31.1 Å². The second kappa shape index (κ2) is 6.77. The molecule has 1 aromatic heterocycles. The molecule has 0 aliphatic heterocycles. The lowest BCUT2D eigenvalue weighted by Crippen LogP contribution is -2.34. The Balaban J connectivity index is 2.96. The Kier molecular flexibility index (Phi) is 6.00. The normalized spacial score (nSPS) is 13.4. The highest BCUT2D eigenvalue weighted by Gasteiger charge is 2.27. The van der Waals surface area contributed by atoms with Crippen LogP contribution in [-0.4, -0.2) is 32.4 Å². The van der Waals surface area contributed by atoms with Gasteiger partial charge in [-0.3, -0.25) is 0 Å². The fraction of sp³-hybridized carbons (Fsp3) is 0.733. The van der Waals surface area contributed by atoms with Gasteiger partial charge in [-0.15, -0.1) is 11.3 Å². The first-order valence-electron chi connectivity index (χ1n) is 7.22. The van der Waals surface area contributed by atoms with E-state index in [1.165, 1.54) is 15.6 Å². The molecule has 1 rings (SSSR count). The van der Waals surface area contributed by atoms with Crippen LogP contribution in [0.5, 0.6) is 0 Å². The third-order valence-electron chi connectivity index (χ3n) is 3.03. The van der Waals surface area contributed by atoms with Gasteiger partial charge in [0.1, 0.15) is 4.21 Å². The molecule has 0 spiro atoms. The Morgan fingerprint density at radius 3 is 2.38 bits per heavy atom. The first kappa shape index (κ1) is 18.6. The monoisotopic (exact) mass is 332 g/mol. The van der Waals surface area contributed by atoms with E-state index in [-0.39, 0.29) is 5.41 Å². The van der Waals surface area contributed by atoms with Crippen molar-refractivity contribution in [2.75, 3.05) is 13.6 Å². The largest absolute Gasteiger partial charge is 0.310 e. The number of aryl methyl sites for hydroxylation is 1. The Labute approximate surface area is 133 Å². The van der Waals surface area contributed by atoms with Crippen LogP contribution >= 0.6 is 11.3 Å². The van der Waals surface area contributed by atoms with E-state index < -0.39 is 10.0 Å². The average Bonchev–Trinajstić information content (AvgIpc) is 2.66. The van der Waals surface area contributed by atoms with Gasteiger partial charge in [-0.2, -0.15) is 4.31 Å². The van der Waals surface area contributed by atoms with Gasteiger partial charge in [0.25, 0.3) is 10.0 Å². The fourth-order valence-electron chi connectivity index (χ4n) is 1.99. The Hall–Kier alpha value is -0.430. The van der Waals surface area contributed by atoms with Crippen LogP contribution in [0.4, 0.5) is 0 Å². The van der Waals surface area contributed by atoms with Crippen molar-refractivity contribution < 1.29 is 8.42 Å². The maximum absolute atomic E-state index is 12.6. The molecule has 0 bridgehead atoms. The molecule has 0 amide bonds. The summed E-state index contributed by atoms with van der Waals surface area (Å²) < 4.78 is 27.2. The Morgan fingerprint density at radius 1 is 1.33 bits per heavy atom. The summed E-state index contributed by atoms with van der Waals surface area (Å²) in [4.78, 5) is 1.09. The number of hydrogen-bond acceptors (Lipinski definition) is 4. The summed E-state index contributed by atoms with van der Waals surface area (Å²) in [6, 6.07) is 2.17. The van der Waals surface area contributed by atoms with Crippen LogP contribution in [-0.2, 0) is 16.6 Å². The van der Waals surface area contributed by atoms with Crippen molar-refractivity contribution in [3.8, 4) is 0 Å². The Morgan fingerprint density at radius 2 is 1.90 bits per heavy atom. The summed E-state index contributed by atoms with van der Waals surface area (Å²) >= 11 is 1.37. The minimum atomic E-state index is -3.39. The molecule has 0 atom stereocenters. The van der Waals surface area contributed by atoms with Crippen molar-refractivity contribution in [3.63, 3.8) is 0 Å². The zero-order chi connectivity index (χ0) is 16.4. The summed E-state index contributed by atoms with van der Waals surface area (Å²) in [5.74, 6) is 0. The summed E-state index contributed by atoms with van der Waals surface area (Å²) in [6.45, 7) is 13.5. The highest BCUT2D eigenvalue weighted by atomic mass is 32.2. The van der Waals surface area contributed by atoms with E-state index in [0.717, 1.165) is 10.4 Å². The van der Waals surface area contributed by atoms with E-state index in [2.05, 4.69) is 19.2 Å². The number of nitrogens with zero attached hydrogens (tertiary/aromatic N) is 1. The summed E-state index contributed by atoms with van der Waals surface area (Å²) in [6.07, 6.45) is 0. The molecule has 4 nitrogen and oxygen atoms in total. The second-order valence-electron chi connectivity index (χ2n) is 7.03. The predicted octanol–water partition coefficient (Wildman–Crippen LogP) is 3.22. The molecule has 0 saturated carbocycles. The maximum Gasteiger partial charge on any atom is 0.252 e. The standard InChI is InChI=1S/C15H28N2O2S2/c1-11(2)16-9-13-12(3)8-14(20-13)21(18,19)17(7)10-15(4,5)6/h8,11,16H,9-10H2,1-7H3. The molecular formula is C15H28N2O2S2. The van der Waals surface area contributed by atoms with Gasteiger partial charge in [-0.25, -0.2) is 8.42 Å². The minimum Gasteiger partial charge on any atom is -0.310 e. The molecule has 0 aliphatic carbocycles. The molecule has 1 heterocycles. The van der Waals surface area contributed by atoms with Crippen molar-refractivity contribution in [1.82, 2.24) is 9.62 Å². The summed E-state index contributed by atoms with van der Waals surface area (Å²) in [7, 11) is -1.73. The zero-order valence-corrected chi connectivity index (χ0v) is 15.8. The third kappa shape index (κ3) is 5.36. The zero-order valence-electron chi connectivity index (χ0n) is 14.1. The average molecular weight is 333 g/mol. The molecule has 122 valence electrons. The van der Waals surface area contributed by atoms with Gasteiger partial charge < -0.3 is 5.32 Å². The molecular weight excluding hydrogens is 304 g/mol. The Bertz CT molecular complexity index is 569. The van der Waals surface area contributed by atoms with Gasteiger partial charge in [-0.1, -0.05) is 34.6 Å². The van der Waals surface area contributed by atoms with Crippen molar-refractivity contribution in [1.29, 1.82) is 0 Å². The number of sulfonamides is 1. The number of hydrogen-bond donors (Lipinski definition) is 1. The molecule has 0 saturated heterocycles. The first-order chi connectivity index (χ1) is 9.43. The van der Waals surface area contributed by atoms with Crippen LogP contribution in [0, 0.1) is 12.3 Å². The molecule has 6 heteroatoms. The quantitative estimate of drug-likeness (QED) is 0.870. The predicted molar refractivity (Wildman–Crippen MR) is 90.3 cm³/mol. The van der Waals surface area contributed by atoms with E-state index in [0.29, 0.717) is 23.3 Å². The molecule has 0 fully saturated rings. The first-order valence-corrected chi connectivity index (χ1v) is 9.48. The smallest absolute Gasteiger partial charge is 0.252 e. The fourth-order valence-corrected chi connectivity index (χ4v) is 5.14. The maximum atomic E-state index is 12.6. The molecule has 0 unspecified atom stereocenters. The molecule has 0 aromatic carbocycles. The van der Waals surface area contributed by atoms with E-state index in [9.17, 15) is 8.42 Å². The van der Waals surface area contributed by atoms with E-state index >= 15 is 0 Å². The third-order valence-corrected chi connectivity index (χ3v) is 6.52. The van der Waals surface area contributed by atoms with E-state index in [4.69, 9.17) is 0 Å². The molecule has 0 aliphatic rings. The summed E-state index contributed by atoms with van der Waals surface area (Å²) in [5, 5.41) is 3.34. The second-order valence-corrected chi connectivity index (χ2v) is 10.4. The van der Waals surface area contributed by atoms with Gasteiger partial charge >= 0.3 is 0 Å². The van der Waals surface area contributed by atoms with E-state index in [1.807, 2.05) is 27.7 Å². The molecule has 21 heavy (non-hydrogen) atoms. The van der Waals surface area contributed by atoms with Crippen LogP contribution in [0.15, 0.2) is 10.3 Å². The number of thiophene rings is 1. The van der Waals surface area contributed by atoms with Gasteiger partial charge in [0.2, 0.25) is 0 Å². The van der Waals surface area contributed by atoms with Crippen molar-refractivity contribution in [2.24, 2.45) is 5.41 Å². The molecule has 0 radical (unpaired) electrons. The molecule has 1 aromatic rings. The van der Waals surface area contributed by atoms with Crippen molar-refractivity contribution in [3.05, 3.63) is 16.5 Å². The highest BCUT2D eigenvalue weighted by molar-refractivity contribution is 7.91. The highest BCUT2D eigenvalue weighted by Crippen LogP contribution is 2.29. The van der Waals surface area contributed by atoms with Crippen molar-refractivity contribution >= 4 is 21.4 Å². The van der Waals surface area contributed by atoms with Crippen LogP contribution < -0.4 is 5.32 Å². The lowest BCUT2D eigenvalue weighted by Gasteiger charge is -2.25. The van der Waals surface area contributed by atoms with Crippen LogP contribution in [0.1, 0.15) is 45.1 Å². The van der Waals surface area contributed by atoms with Crippen LogP contribution in [0.2, 0.25) is 0 Å². The topological polar surface area (TPSA) is 49.4 Å². The lowest BCUT2D eigenvalue weighted by atomic mass is 9.97.